The molecule has 0 spiro atoms. The second-order valence-corrected chi connectivity index (χ2v) is 5.06. The first-order chi connectivity index (χ1) is 9.17. The predicted molar refractivity (Wildman–Crippen MR) is 84.2 cm³/mol. The summed E-state index contributed by atoms with van der Waals surface area (Å²) in [5.74, 6) is 1.10. The molecule has 7 heteroatoms. The van der Waals surface area contributed by atoms with E-state index in [-0.39, 0.29) is 5.28 Å². The molecule has 0 aliphatic carbocycles. The molecular formula is C12H13ClIN5. The van der Waals surface area contributed by atoms with Crippen LogP contribution in [0.1, 0.15) is 17.0 Å². The maximum atomic E-state index is 5.78. The summed E-state index contributed by atoms with van der Waals surface area (Å²) in [5.41, 5.74) is 2.41. The number of hydrogen-bond donors (Lipinski definition) is 2. The smallest absolute Gasteiger partial charge is 0.227 e. The summed E-state index contributed by atoms with van der Waals surface area (Å²) in [6.07, 6.45) is 0. The minimum absolute atomic E-state index is 0.207. The van der Waals surface area contributed by atoms with E-state index in [1.54, 1.807) is 6.92 Å². The van der Waals surface area contributed by atoms with Crippen molar-refractivity contribution in [2.24, 2.45) is 0 Å². The number of aromatic nitrogens is 3. The van der Waals surface area contributed by atoms with Crippen LogP contribution in [0.15, 0.2) is 24.3 Å². The molecule has 2 rings (SSSR count). The van der Waals surface area contributed by atoms with Gasteiger partial charge in [-0.15, -0.1) is 0 Å². The molecule has 1 heterocycles. The summed E-state index contributed by atoms with van der Waals surface area (Å²) < 4.78 is 3.09. The summed E-state index contributed by atoms with van der Waals surface area (Å²) in [4.78, 5) is 12.1. The van der Waals surface area contributed by atoms with Crippen LogP contribution >= 0.6 is 34.5 Å². The molecule has 0 amide bonds. The number of benzene rings is 1. The lowest BCUT2D eigenvalue weighted by atomic mass is 10.1. The first-order valence-electron chi connectivity index (χ1n) is 5.71. The third-order valence-corrected chi connectivity index (χ3v) is 3.01. The maximum Gasteiger partial charge on any atom is 0.227 e. The third-order valence-electron chi connectivity index (χ3n) is 2.46. The summed E-state index contributed by atoms with van der Waals surface area (Å²) in [5, 5.41) is 3.34. The first kappa shape index (κ1) is 14.4. The van der Waals surface area contributed by atoms with Crippen molar-refractivity contribution in [3.63, 3.8) is 0 Å². The van der Waals surface area contributed by atoms with Crippen molar-refractivity contribution in [1.29, 1.82) is 0 Å². The number of nitrogens with zero attached hydrogens (tertiary/aromatic N) is 3. The van der Waals surface area contributed by atoms with Crippen LogP contribution in [-0.4, -0.2) is 15.0 Å². The monoisotopic (exact) mass is 389 g/mol. The van der Waals surface area contributed by atoms with E-state index in [1.807, 2.05) is 0 Å². The SMILES string of the molecule is Cc1nc(Cl)nc(NCc2ccc(CNI)cc2)n1. The van der Waals surface area contributed by atoms with Crippen LogP contribution in [0, 0.1) is 6.92 Å². The average molecular weight is 390 g/mol. The number of anilines is 1. The zero-order valence-electron chi connectivity index (χ0n) is 10.3. The Kier molecular flexibility index (Phi) is 5.29. The van der Waals surface area contributed by atoms with E-state index < -0.39 is 0 Å². The number of nitrogens with one attached hydrogen (secondary N) is 2. The lowest BCUT2D eigenvalue weighted by Crippen LogP contribution is -2.06. The lowest BCUT2D eigenvalue weighted by molar-refractivity contribution is 0.951. The highest BCUT2D eigenvalue weighted by Gasteiger charge is 2.01. The van der Waals surface area contributed by atoms with E-state index in [0.717, 1.165) is 12.1 Å². The molecule has 0 atom stereocenters. The van der Waals surface area contributed by atoms with Gasteiger partial charge in [0.1, 0.15) is 5.82 Å². The van der Waals surface area contributed by atoms with Crippen LogP contribution in [-0.2, 0) is 13.1 Å². The average Bonchev–Trinajstić information content (AvgIpc) is 2.37. The van der Waals surface area contributed by atoms with Gasteiger partial charge in [0.15, 0.2) is 0 Å². The van der Waals surface area contributed by atoms with Gasteiger partial charge in [-0.3, -0.25) is 3.53 Å². The maximum absolute atomic E-state index is 5.78. The van der Waals surface area contributed by atoms with Gasteiger partial charge in [-0.05, 0) is 29.7 Å². The van der Waals surface area contributed by atoms with Crippen LogP contribution in [0.4, 0.5) is 5.95 Å². The number of rotatable bonds is 5. The molecule has 19 heavy (non-hydrogen) atoms. The molecule has 0 aliphatic heterocycles. The van der Waals surface area contributed by atoms with Crippen molar-refractivity contribution in [2.45, 2.75) is 20.0 Å². The molecule has 0 radical (unpaired) electrons. The molecule has 0 saturated heterocycles. The highest BCUT2D eigenvalue weighted by molar-refractivity contribution is 14.1. The van der Waals surface area contributed by atoms with Gasteiger partial charge in [0.25, 0.3) is 0 Å². The minimum atomic E-state index is 0.207. The molecule has 100 valence electrons. The summed E-state index contributed by atoms with van der Waals surface area (Å²) in [6, 6.07) is 8.33. The van der Waals surface area contributed by atoms with Crippen LogP contribution in [0.25, 0.3) is 0 Å². The van der Waals surface area contributed by atoms with Crippen molar-refractivity contribution >= 4 is 40.4 Å². The van der Waals surface area contributed by atoms with E-state index in [2.05, 4.69) is 70.9 Å². The Bertz CT molecular complexity index is 526. The van der Waals surface area contributed by atoms with Crippen molar-refractivity contribution < 1.29 is 0 Å². The van der Waals surface area contributed by atoms with Gasteiger partial charge in [-0.1, -0.05) is 24.3 Å². The van der Waals surface area contributed by atoms with Crippen LogP contribution in [0.3, 0.4) is 0 Å². The zero-order chi connectivity index (χ0) is 13.7. The summed E-state index contributed by atoms with van der Waals surface area (Å²) in [6.45, 7) is 3.29. The van der Waals surface area contributed by atoms with Crippen molar-refractivity contribution in [3.05, 3.63) is 46.5 Å². The van der Waals surface area contributed by atoms with Gasteiger partial charge in [0, 0.05) is 36.0 Å². The molecule has 0 fully saturated rings. The molecule has 2 aromatic rings. The lowest BCUT2D eigenvalue weighted by Gasteiger charge is -2.06. The molecule has 0 saturated carbocycles. The molecule has 1 aromatic heterocycles. The van der Waals surface area contributed by atoms with Gasteiger partial charge in [0.05, 0.1) is 0 Å². The van der Waals surface area contributed by atoms with Gasteiger partial charge in [-0.2, -0.15) is 9.97 Å². The van der Waals surface area contributed by atoms with Gasteiger partial charge in [-0.25, -0.2) is 4.98 Å². The number of hydrogen-bond acceptors (Lipinski definition) is 5. The highest BCUT2D eigenvalue weighted by Crippen LogP contribution is 2.09. The Labute approximate surface area is 130 Å². The molecular weight excluding hydrogens is 377 g/mol. The topological polar surface area (TPSA) is 62.7 Å². The second-order valence-electron chi connectivity index (χ2n) is 3.96. The summed E-state index contributed by atoms with van der Waals surface area (Å²) in [7, 11) is 0. The standard InChI is InChI=1S/C12H13ClIN5/c1-8-17-11(13)19-12(18-8)15-6-9-2-4-10(5-3-9)7-16-14/h2-5,16H,6-7H2,1H3,(H,15,17,18,19). The highest BCUT2D eigenvalue weighted by atomic mass is 127. The Morgan fingerprint density at radius 2 is 1.68 bits per heavy atom. The Morgan fingerprint density at radius 3 is 2.26 bits per heavy atom. The second kappa shape index (κ2) is 6.97. The Balaban J connectivity index is 1.98. The van der Waals surface area contributed by atoms with E-state index in [4.69, 9.17) is 11.6 Å². The molecule has 0 aliphatic rings. The fraction of sp³-hybridized carbons (Fsp3) is 0.250. The molecule has 0 unspecified atom stereocenters. The fourth-order valence-electron chi connectivity index (χ4n) is 1.56. The van der Waals surface area contributed by atoms with E-state index in [9.17, 15) is 0 Å². The number of aryl methyl sites for hydroxylation is 1. The Morgan fingerprint density at radius 1 is 1.05 bits per heavy atom. The van der Waals surface area contributed by atoms with Crippen molar-refractivity contribution in [3.8, 4) is 0 Å². The fourth-order valence-corrected chi connectivity index (χ4v) is 2.20. The largest absolute Gasteiger partial charge is 0.350 e. The molecule has 5 nitrogen and oxygen atoms in total. The van der Waals surface area contributed by atoms with Crippen LogP contribution in [0.2, 0.25) is 5.28 Å². The van der Waals surface area contributed by atoms with Gasteiger partial charge >= 0.3 is 0 Å². The van der Waals surface area contributed by atoms with E-state index in [0.29, 0.717) is 18.3 Å². The zero-order valence-corrected chi connectivity index (χ0v) is 13.2. The van der Waals surface area contributed by atoms with Crippen LogP contribution in [0.5, 0.6) is 0 Å². The minimum Gasteiger partial charge on any atom is -0.350 e. The molecule has 2 N–H and O–H groups in total. The van der Waals surface area contributed by atoms with Gasteiger partial charge in [0.2, 0.25) is 11.2 Å². The summed E-state index contributed by atoms with van der Waals surface area (Å²) >= 11 is 7.91. The van der Waals surface area contributed by atoms with E-state index >= 15 is 0 Å². The number of halogens is 2. The predicted octanol–water partition coefficient (Wildman–Crippen LogP) is 2.89. The van der Waals surface area contributed by atoms with Crippen LogP contribution < -0.4 is 8.85 Å². The van der Waals surface area contributed by atoms with Gasteiger partial charge < -0.3 is 5.32 Å². The first-order valence-corrected chi connectivity index (χ1v) is 7.16. The quantitative estimate of drug-likeness (QED) is 0.608. The van der Waals surface area contributed by atoms with Crippen molar-refractivity contribution in [2.75, 3.05) is 5.32 Å². The van der Waals surface area contributed by atoms with E-state index in [1.165, 1.54) is 5.56 Å². The van der Waals surface area contributed by atoms with Crippen molar-refractivity contribution in [1.82, 2.24) is 18.5 Å². The normalized spacial score (nSPS) is 10.5. The third kappa shape index (κ3) is 4.55. The molecule has 1 aromatic carbocycles. The molecule has 0 bridgehead atoms. The Hall–Kier alpha value is -0.990.